The number of rotatable bonds is 4. The molecule has 0 spiro atoms. The lowest BCUT2D eigenvalue weighted by Crippen LogP contribution is -2.11. The van der Waals surface area contributed by atoms with Crippen LogP contribution in [0.5, 0.6) is 5.75 Å². The van der Waals surface area contributed by atoms with Gasteiger partial charge in [-0.1, -0.05) is 0 Å². The van der Waals surface area contributed by atoms with Gasteiger partial charge in [-0.3, -0.25) is 4.79 Å². The molecule has 5 heteroatoms. The number of hydrogen-bond donors (Lipinski definition) is 0. The molecule has 0 radical (unpaired) electrons. The van der Waals surface area contributed by atoms with Crippen LogP contribution in [0.1, 0.15) is 27.0 Å². The predicted octanol–water partition coefficient (Wildman–Crippen LogP) is 2.95. The van der Waals surface area contributed by atoms with Crippen LogP contribution < -0.4 is 4.74 Å². The molecule has 19 heavy (non-hydrogen) atoms. The van der Waals surface area contributed by atoms with Crippen molar-refractivity contribution in [3.05, 3.63) is 45.9 Å². The lowest BCUT2D eigenvalue weighted by atomic mass is 9.99. The fraction of sp³-hybridized carbons (Fsp3) is 0.214. The Labute approximate surface area is 115 Å². The van der Waals surface area contributed by atoms with Gasteiger partial charge in [0.2, 0.25) is 0 Å². The third-order valence-electron chi connectivity index (χ3n) is 2.65. The van der Waals surface area contributed by atoms with E-state index in [1.165, 1.54) is 11.3 Å². The SMILES string of the molecule is COc1ccc(C(=O)C(C#N)c2nc(C)cs2)cc1. The average molecular weight is 272 g/mol. The third-order valence-corrected chi connectivity index (χ3v) is 3.68. The molecule has 0 aliphatic rings. The highest BCUT2D eigenvalue weighted by atomic mass is 32.1. The molecular formula is C14H12N2O2S. The summed E-state index contributed by atoms with van der Waals surface area (Å²) in [6, 6.07) is 8.75. The maximum absolute atomic E-state index is 12.3. The van der Waals surface area contributed by atoms with E-state index in [1.54, 1.807) is 31.4 Å². The maximum Gasteiger partial charge on any atom is 0.186 e. The first-order valence-corrected chi connectivity index (χ1v) is 6.53. The molecule has 0 saturated carbocycles. The number of ketones is 1. The van der Waals surface area contributed by atoms with Gasteiger partial charge in [-0.05, 0) is 31.2 Å². The number of nitriles is 1. The van der Waals surface area contributed by atoms with Crippen LogP contribution >= 0.6 is 11.3 Å². The fourth-order valence-corrected chi connectivity index (χ4v) is 2.49. The molecule has 0 N–H and O–H groups in total. The van der Waals surface area contributed by atoms with E-state index >= 15 is 0 Å². The van der Waals surface area contributed by atoms with Gasteiger partial charge < -0.3 is 4.74 Å². The molecule has 0 fully saturated rings. The van der Waals surface area contributed by atoms with Crippen molar-refractivity contribution in [2.24, 2.45) is 0 Å². The Hall–Kier alpha value is -2.19. The Balaban J connectivity index is 2.28. The van der Waals surface area contributed by atoms with E-state index in [0.29, 0.717) is 16.3 Å². The molecule has 0 amide bonds. The average Bonchev–Trinajstić information content (AvgIpc) is 2.86. The number of benzene rings is 1. The first-order chi connectivity index (χ1) is 9.15. The summed E-state index contributed by atoms with van der Waals surface area (Å²) in [5.41, 5.74) is 1.31. The first-order valence-electron chi connectivity index (χ1n) is 5.65. The van der Waals surface area contributed by atoms with Crippen molar-refractivity contribution in [1.82, 2.24) is 4.98 Å². The Morgan fingerprint density at radius 1 is 1.42 bits per heavy atom. The van der Waals surface area contributed by atoms with E-state index in [9.17, 15) is 10.1 Å². The number of aryl methyl sites for hydroxylation is 1. The summed E-state index contributed by atoms with van der Waals surface area (Å²) >= 11 is 1.33. The molecule has 1 unspecified atom stereocenters. The maximum atomic E-state index is 12.3. The summed E-state index contributed by atoms with van der Waals surface area (Å²) in [5, 5.41) is 11.6. The highest BCUT2D eigenvalue weighted by Gasteiger charge is 2.24. The standard InChI is InChI=1S/C14H12N2O2S/c1-9-8-19-14(16-9)12(7-15)13(17)10-3-5-11(18-2)6-4-10/h3-6,8,12H,1-2H3. The van der Waals surface area contributed by atoms with E-state index in [2.05, 4.69) is 4.98 Å². The summed E-state index contributed by atoms with van der Waals surface area (Å²) in [5.74, 6) is -0.401. The van der Waals surface area contributed by atoms with Crippen LogP contribution in [-0.2, 0) is 0 Å². The van der Waals surface area contributed by atoms with Gasteiger partial charge in [0.1, 0.15) is 10.8 Å². The number of carbonyl (C=O) groups is 1. The number of thiazole rings is 1. The highest BCUT2D eigenvalue weighted by Crippen LogP contribution is 2.24. The number of carbonyl (C=O) groups excluding carboxylic acids is 1. The lowest BCUT2D eigenvalue weighted by Gasteiger charge is -2.06. The molecule has 2 rings (SSSR count). The molecule has 0 bridgehead atoms. The van der Waals surface area contributed by atoms with E-state index in [0.717, 1.165) is 5.69 Å². The summed E-state index contributed by atoms with van der Waals surface area (Å²) in [6.45, 7) is 1.84. The van der Waals surface area contributed by atoms with Crippen molar-refractivity contribution < 1.29 is 9.53 Å². The van der Waals surface area contributed by atoms with Gasteiger partial charge in [-0.15, -0.1) is 11.3 Å². The van der Waals surface area contributed by atoms with Gasteiger partial charge in [0.25, 0.3) is 0 Å². The van der Waals surface area contributed by atoms with Crippen LogP contribution in [-0.4, -0.2) is 17.9 Å². The van der Waals surface area contributed by atoms with E-state index in [1.807, 2.05) is 18.4 Å². The van der Waals surface area contributed by atoms with Crippen LogP contribution in [0.15, 0.2) is 29.6 Å². The number of hydrogen-bond acceptors (Lipinski definition) is 5. The van der Waals surface area contributed by atoms with Crippen LogP contribution in [0.3, 0.4) is 0 Å². The second-order valence-electron chi connectivity index (χ2n) is 3.98. The summed E-state index contributed by atoms with van der Waals surface area (Å²) in [7, 11) is 1.56. The van der Waals surface area contributed by atoms with Crippen molar-refractivity contribution in [2.45, 2.75) is 12.8 Å². The number of ether oxygens (including phenoxy) is 1. The van der Waals surface area contributed by atoms with Crippen molar-refractivity contribution in [3.8, 4) is 11.8 Å². The molecular weight excluding hydrogens is 260 g/mol. The molecule has 0 aliphatic carbocycles. The molecule has 0 aliphatic heterocycles. The number of Topliss-reactive ketones (excluding diaryl/α,β-unsaturated/α-hetero) is 1. The van der Waals surface area contributed by atoms with E-state index in [-0.39, 0.29) is 5.78 Å². The Bertz CT molecular complexity index is 626. The summed E-state index contributed by atoms with van der Waals surface area (Å²) < 4.78 is 5.04. The Morgan fingerprint density at radius 2 is 2.11 bits per heavy atom. The highest BCUT2D eigenvalue weighted by molar-refractivity contribution is 7.10. The number of methoxy groups -OCH3 is 1. The van der Waals surface area contributed by atoms with Gasteiger partial charge in [0.05, 0.1) is 13.2 Å². The zero-order valence-electron chi connectivity index (χ0n) is 10.6. The Morgan fingerprint density at radius 3 is 2.58 bits per heavy atom. The topological polar surface area (TPSA) is 63.0 Å². The predicted molar refractivity (Wildman–Crippen MR) is 72.5 cm³/mol. The molecule has 1 aromatic carbocycles. The van der Waals surface area contributed by atoms with E-state index < -0.39 is 5.92 Å². The third kappa shape index (κ3) is 2.80. The largest absolute Gasteiger partial charge is 0.497 e. The van der Waals surface area contributed by atoms with Gasteiger partial charge in [-0.2, -0.15) is 5.26 Å². The van der Waals surface area contributed by atoms with E-state index in [4.69, 9.17) is 4.74 Å². The second kappa shape index (κ2) is 5.63. The minimum atomic E-state index is -0.841. The zero-order valence-corrected chi connectivity index (χ0v) is 11.4. The lowest BCUT2D eigenvalue weighted by molar-refractivity contribution is 0.0979. The van der Waals surface area contributed by atoms with Crippen molar-refractivity contribution in [1.29, 1.82) is 5.26 Å². The van der Waals surface area contributed by atoms with Gasteiger partial charge in [0, 0.05) is 16.6 Å². The number of aromatic nitrogens is 1. The minimum absolute atomic E-state index is 0.237. The molecule has 1 atom stereocenters. The van der Waals surface area contributed by atoms with Crippen LogP contribution in [0.2, 0.25) is 0 Å². The number of nitrogens with zero attached hydrogens (tertiary/aromatic N) is 2. The molecule has 1 heterocycles. The van der Waals surface area contributed by atoms with Crippen LogP contribution in [0, 0.1) is 18.3 Å². The molecule has 4 nitrogen and oxygen atoms in total. The fourth-order valence-electron chi connectivity index (χ4n) is 1.65. The monoisotopic (exact) mass is 272 g/mol. The Kier molecular flexibility index (Phi) is 3.93. The quantitative estimate of drug-likeness (QED) is 0.803. The van der Waals surface area contributed by atoms with Crippen molar-refractivity contribution >= 4 is 17.1 Å². The smallest absolute Gasteiger partial charge is 0.186 e. The van der Waals surface area contributed by atoms with Gasteiger partial charge in [-0.25, -0.2) is 4.98 Å². The van der Waals surface area contributed by atoms with Crippen molar-refractivity contribution in [2.75, 3.05) is 7.11 Å². The molecule has 2 aromatic rings. The molecule has 96 valence electrons. The zero-order chi connectivity index (χ0) is 13.8. The second-order valence-corrected chi connectivity index (χ2v) is 4.87. The summed E-state index contributed by atoms with van der Waals surface area (Å²) in [4.78, 5) is 16.5. The molecule has 1 aromatic heterocycles. The van der Waals surface area contributed by atoms with Crippen LogP contribution in [0.25, 0.3) is 0 Å². The molecule has 0 saturated heterocycles. The normalized spacial score (nSPS) is 11.6. The van der Waals surface area contributed by atoms with Crippen molar-refractivity contribution in [3.63, 3.8) is 0 Å². The summed E-state index contributed by atoms with van der Waals surface area (Å²) in [6.07, 6.45) is 0. The van der Waals surface area contributed by atoms with Crippen LogP contribution in [0.4, 0.5) is 0 Å². The van der Waals surface area contributed by atoms with Gasteiger partial charge in [0.15, 0.2) is 11.7 Å². The minimum Gasteiger partial charge on any atom is -0.497 e. The first kappa shape index (κ1) is 13.2. The van der Waals surface area contributed by atoms with Gasteiger partial charge >= 0.3 is 0 Å².